The monoisotopic (exact) mass is 292 g/mol. The van der Waals surface area contributed by atoms with Gasteiger partial charge in [-0.25, -0.2) is 8.42 Å². The highest BCUT2D eigenvalue weighted by Crippen LogP contribution is 2.27. The van der Waals surface area contributed by atoms with Gasteiger partial charge >= 0.3 is 0 Å². The average molecular weight is 293 g/mol. The van der Waals surface area contributed by atoms with E-state index in [1.54, 1.807) is 7.05 Å². The molecule has 2 N–H and O–H groups in total. The van der Waals surface area contributed by atoms with Gasteiger partial charge in [-0.1, -0.05) is 11.6 Å². The molecule has 1 aliphatic heterocycles. The molecule has 1 aromatic heterocycles. The van der Waals surface area contributed by atoms with Crippen LogP contribution < -0.4 is 5.73 Å². The third-order valence-corrected chi connectivity index (χ3v) is 5.61. The van der Waals surface area contributed by atoms with Crippen molar-refractivity contribution in [2.24, 2.45) is 18.7 Å². The van der Waals surface area contributed by atoms with Gasteiger partial charge in [-0.2, -0.15) is 9.40 Å². The minimum Gasteiger partial charge on any atom is -0.330 e. The van der Waals surface area contributed by atoms with Crippen molar-refractivity contribution in [1.82, 2.24) is 14.1 Å². The van der Waals surface area contributed by atoms with Crippen LogP contribution >= 0.6 is 11.6 Å². The van der Waals surface area contributed by atoms with Gasteiger partial charge in [0.25, 0.3) is 10.0 Å². The van der Waals surface area contributed by atoms with E-state index < -0.39 is 10.0 Å². The molecule has 1 unspecified atom stereocenters. The molecule has 0 aromatic carbocycles. The second-order valence-corrected chi connectivity index (χ2v) is 6.79. The lowest BCUT2D eigenvalue weighted by atomic mass is 10.0. The molecule has 0 bridgehead atoms. The van der Waals surface area contributed by atoms with Crippen LogP contribution in [0.15, 0.2) is 11.2 Å². The van der Waals surface area contributed by atoms with Crippen molar-refractivity contribution in [3.63, 3.8) is 0 Å². The van der Waals surface area contributed by atoms with E-state index in [9.17, 15) is 8.42 Å². The number of nitrogens with zero attached hydrogens (tertiary/aromatic N) is 3. The molecule has 0 spiro atoms. The fourth-order valence-electron chi connectivity index (χ4n) is 2.25. The molecule has 2 heterocycles. The summed E-state index contributed by atoms with van der Waals surface area (Å²) in [5.74, 6) is 0.223. The van der Waals surface area contributed by atoms with Crippen LogP contribution in [0, 0.1) is 5.92 Å². The van der Waals surface area contributed by atoms with Crippen molar-refractivity contribution < 1.29 is 8.42 Å². The van der Waals surface area contributed by atoms with E-state index in [1.165, 1.54) is 15.2 Å². The van der Waals surface area contributed by atoms with Crippen LogP contribution in [0.1, 0.15) is 12.8 Å². The Morgan fingerprint density at radius 2 is 2.33 bits per heavy atom. The fourth-order valence-corrected chi connectivity index (χ4v) is 4.41. The van der Waals surface area contributed by atoms with Crippen LogP contribution in [0.3, 0.4) is 0 Å². The Kier molecular flexibility index (Phi) is 3.96. The third-order valence-electron chi connectivity index (χ3n) is 3.24. The van der Waals surface area contributed by atoms with Crippen LogP contribution in [0.25, 0.3) is 0 Å². The highest BCUT2D eigenvalue weighted by Gasteiger charge is 2.33. The molecule has 1 atom stereocenters. The number of sulfonamides is 1. The second-order valence-electron chi connectivity index (χ2n) is 4.53. The Balaban J connectivity index is 2.31. The molecule has 102 valence electrons. The highest BCUT2D eigenvalue weighted by molar-refractivity contribution is 7.89. The molecular weight excluding hydrogens is 276 g/mol. The lowest BCUT2D eigenvalue weighted by Crippen LogP contribution is -2.42. The standard InChI is InChI=1S/C10H17ClN4O2S/c1-14-10(9(11)6-13-14)18(16,17)15-4-2-3-8(5-12)7-15/h6,8H,2-5,7,12H2,1H3. The molecule has 6 nitrogen and oxygen atoms in total. The fraction of sp³-hybridized carbons (Fsp3) is 0.700. The number of aromatic nitrogens is 2. The van der Waals surface area contributed by atoms with E-state index in [1.807, 2.05) is 0 Å². The summed E-state index contributed by atoms with van der Waals surface area (Å²) in [6, 6.07) is 0. The maximum Gasteiger partial charge on any atom is 0.261 e. The predicted molar refractivity (Wildman–Crippen MR) is 68.8 cm³/mol. The van der Waals surface area contributed by atoms with Crippen molar-refractivity contribution in [3.05, 3.63) is 11.2 Å². The van der Waals surface area contributed by atoms with Crippen molar-refractivity contribution in [3.8, 4) is 0 Å². The van der Waals surface area contributed by atoms with E-state index in [0.29, 0.717) is 19.6 Å². The Bertz CT molecular complexity index is 508. The lowest BCUT2D eigenvalue weighted by molar-refractivity contribution is 0.270. The quantitative estimate of drug-likeness (QED) is 0.876. The number of halogens is 1. The molecule has 8 heteroatoms. The van der Waals surface area contributed by atoms with Gasteiger partial charge in [0.15, 0.2) is 5.03 Å². The number of hydrogen-bond acceptors (Lipinski definition) is 4. The van der Waals surface area contributed by atoms with Gasteiger partial charge < -0.3 is 5.73 Å². The molecule has 1 aliphatic rings. The van der Waals surface area contributed by atoms with E-state index in [4.69, 9.17) is 17.3 Å². The van der Waals surface area contributed by atoms with Gasteiger partial charge in [0, 0.05) is 20.1 Å². The minimum absolute atomic E-state index is 0.0573. The van der Waals surface area contributed by atoms with E-state index in [2.05, 4.69) is 5.10 Å². The largest absolute Gasteiger partial charge is 0.330 e. The topological polar surface area (TPSA) is 81.2 Å². The van der Waals surface area contributed by atoms with Gasteiger partial charge in [-0.3, -0.25) is 4.68 Å². The van der Waals surface area contributed by atoms with Crippen molar-refractivity contribution in [1.29, 1.82) is 0 Å². The first-order valence-corrected chi connectivity index (χ1v) is 7.66. The smallest absolute Gasteiger partial charge is 0.261 e. The highest BCUT2D eigenvalue weighted by atomic mass is 35.5. The van der Waals surface area contributed by atoms with Crippen LogP contribution in [-0.2, 0) is 17.1 Å². The van der Waals surface area contributed by atoms with Gasteiger partial charge in [-0.15, -0.1) is 0 Å². The molecule has 0 saturated carbocycles. The zero-order chi connectivity index (χ0) is 13.3. The number of aryl methyl sites for hydroxylation is 1. The molecule has 1 saturated heterocycles. The summed E-state index contributed by atoms with van der Waals surface area (Å²) in [5, 5.41) is 4.09. The molecule has 1 fully saturated rings. The first kappa shape index (κ1) is 13.8. The number of nitrogens with two attached hydrogens (primary N) is 1. The summed E-state index contributed by atoms with van der Waals surface area (Å²) in [6.45, 7) is 1.48. The lowest BCUT2D eigenvalue weighted by Gasteiger charge is -2.31. The molecule has 0 radical (unpaired) electrons. The van der Waals surface area contributed by atoms with Crippen LogP contribution in [0.4, 0.5) is 0 Å². The van der Waals surface area contributed by atoms with E-state index in [0.717, 1.165) is 12.8 Å². The summed E-state index contributed by atoms with van der Waals surface area (Å²) in [5.41, 5.74) is 5.62. The normalized spacial score (nSPS) is 22.3. The number of rotatable bonds is 3. The molecule has 0 amide bonds. The number of piperidine rings is 1. The van der Waals surface area contributed by atoms with Crippen molar-refractivity contribution >= 4 is 21.6 Å². The second kappa shape index (κ2) is 5.16. The maximum absolute atomic E-state index is 12.5. The van der Waals surface area contributed by atoms with Crippen LogP contribution in [0.5, 0.6) is 0 Å². The van der Waals surface area contributed by atoms with E-state index in [-0.39, 0.29) is 16.0 Å². The van der Waals surface area contributed by atoms with Crippen molar-refractivity contribution in [2.45, 2.75) is 17.9 Å². The SMILES string of the molecule is Cn1ncc(Cl)c1S(=O)(=O)N1CCCC(CN)C1. The Morgan fingerprint density at radius 1 is 1.61 bits per heavy atom. The number of hydrogen-bond donors (Lipinski definition) is 1. The molecule has 0 aliphatic carbocycles. The Labute approximate surface area is 112 Å². The zero-order valence-electron chi connectivity index (χ0n) is 10.2. The molecule has 18 heavy (non-hydrogen) atoms. The summed E-state index contributed by atoms with van der Waals surface area (Å²) >= 11 is 5.91. The summed E-state index contributed by atoms with van der Waals surface area (Å²) < 4.78 is 27.7. The zero-order valence-corrected chi connectivity index (χ0v) is 11.8. The first-order chi connectivity index (χ1) is 8.46. The Hall–Kier alpha value is -0.630. The molecule has 2 rings (SSSR count). The third kappa shape index (κ3) is 2.40. The molecular formula is C10H17ClN4O2S. The summed E-state index contributed by atoms with van der Waals surface area (Å²) in [6.07, 6.45) is 3.15. The van der Waals surface area contributed by atoms with E-state index >= 15 is 0 Å². The molecule has 1 aromatic rings. The average Bonchev–Trinajstić information content (AvgIpc) is 2.69. The van der Waals surface area contributed by atoms with Gasteiger partial charge in [-0.05, 0) is 25.3 Å². The minimum atomic E-state index is -3.58. The van der Waals surface area contributed by atoms with Gasteiger partial charge in [0.1, 0.15) is 0 Å². The summed E-state index contributed by atoms with van der Waals surface area (Å²) in [4.78, 5) is 0. The van der Waals surface area contributed by atoms with Crippen molar-refractivity contribution in [2.75, 3.05) is 19.6 Å². The van der Waals surface area contributed by atoms with Gasteiger partial charge in [0.2, 0.25) is 0 Å². The predicted octanol–water partition coefficient (Wildman–Crippen LogP) is 0.433. The van der Waals surface area contributed by atoms with Gasteiger partial charge in [0.05, 0.1) is 11.2 Å². The maximum atomic E-state index is 12.5. The summed E-state index contributed by atoms with van der Waals surface area (Å²) in [7, 11) is -2.00. The Morgan fingerprint density at radius 3 is 2.89 bits per heavy atom. The van der Waals surface area contributed by atoms with Crippen LogP contribution in [0.2, 0.25) is 5.02 Å². The first-order valence-electron chi connectivity index (χ1n) is 5.84. The van der Waals surface area contributed by atoms with Crippen LogP contribution in [-0.4, -0.2) is 42.1 Å².